The third-order valence-electron chi connectivity index (χ3n) is 5.31. The molecule has 2 aliphatic carbocycles. The molecule has 1 aromatic heterocycles. The van der Waals surface area contributed by atoms with Crippen molar-refractivity contribution in [3.8, 4) is 17.0 Å². The number of allylic oxidation sites excluding steroid dienone is 2. The molecule has 1 aromatic carbocycles. The first kappa shape index (κ1) is 20.0. The number of thiazole rings is 1. The Labute approximate surface area is 172 Å². The highest BCUT2D eigenvalue weighted by molar-refractivity contribution is 7.07. The van der Waals surface area contributed by atoms with Crippen LogP contribution in [0, 0.1) is 17.8 Å². The lowest BCUT2D eigenvalue weighted by Gasteiger charge is -2.12. The van der Waals surface area contributed by atoms with E-state index in [0.717, 1.165) is 22.5 Å². The number of methoxy groups -OCH3 is 1. The van der Waals surface area contributed by atoms with Crippen molar-refractivity contribution < 1.29 is 18.3 Å². The topological polar surface area (TPSA) is 48.1 Å². The molecule has 29 heavy (non-hydrogen) atoms. The van der Waals surface area contributed by atoms with E-state index in [4.69, 9.17) is 9.84 Å². The average molecular weight is 419 g/mol. The van der Waals surface area contributed by atoms with E-state index in [2.05, 4.69) is 21.9 Å². The normalized spacial score (nSPS) is 23.7. The van der Waals surface area contributed by atoms with Crippen LogP contribution in [0.5, 0.6) is 5.75 Å². The fraction of sp³-hybridized carbons (Fsp3) is 0.429. The van der Waals surface area contributed by atoms with Gasteiger partial charge in [-0.05, 0) is 48.9 Å². The summed E-state index contributed by atoms with van der Waals surface area (Å²) in [4.78, 5) is 5.37. The molecule has 2 bridgehead atoms. The van der Waals surface area contributed by atoms with Crippen LogP contribution in [0.25, 0.3) is 11.3 Å². The molecule has 1 saturated carbocycles. The Balaban J connectivity index is 1.63. The van der Waals surface area contributed by atoms with Gasteiger partial charge in [-0.3, -0.25) is 4.99 Å². The Hall–Kier alpha value is -2.32. The molecule has 1 heterocycles. The molecule has 0 radical (unpaired) electrons. The predicted octanol–water partition coefficient (Wildman–Crippen LogP) is 4.41. The first-order valence-corrected chi connectivity index (χ1v) is 10.5. The number of ether oxygens (including phenoxy) is 2. The Kier molecular flexibility index (Phi) is 6.20. The SMILES string of the molecule is COCCN=c1scc(-c2ccc(OC(F)F)cc2)n1/N=C\[C@@H]1C[C@@H]2C=C[C@H]1C2. The van der Waals surface area contributed by atoms with E-state index < -0.39 is 6.61 Å². The van der Waals surface area contributed by atoms with Crippen molar-refractivity contribution >= 4 is 17.6 Å². The molecule has 154 valence electrons. The van der Waals surface area contributed by atoms with E-state index in [1.807, 2.05) is 16.3 Å². The number of benzene rings is 1. The number of fused-ring (bicyclic) bond motifs is 2. The molecule has 4 rings (SSSR count). The maximum absolute atomic E-state index is 12.4. The van der Waals surface area contributed by atoms with Gasteiger partial charge in [-0.2, -0.15) is 13.9 Å². The van der Waals surface area contributed by atoms with E-state index in [1.54, 1.807) is 19.2 Å². The monoisotopic (exact) mass is 419 g/mol. The van der Waals surface area contributed by atoms with Gasteiger partial charge in [-0.25, -0.2) is 4.68 Å². The summed E-state index contributed by atoms with van der Waals surface area (Å²) in [6.07, 6.45) is 9.01. The maximum atomic E-state index is 12.4. The molecular formula is C21H23F2N3O2S. The van der Waals surface area contributed by atoms with E-state index in [-0.39, 0.29) is 5.75 Å². The standard InChI is InChI=1S/C21H23F2N3O2S/c1-27-9-8-24-21-26(25-12-17-11-14-2-3-16(17)10-14)19(13-29-21)15-4-6-18(7-5-15)28-20(22)23/h2-7,12-14,16-17,20H,8-11H2,1H3/b24-21?,25-12-/t14-,16+,17+/m1/s1. The third kappa shape index (κ3) is 4.64. The molecule has 2 aromatic rings. The Morgan fingerprint density at radius 1 is 1.24 bits per heavy atom. The number of nitrogens with zero attached hydrogens (tertiary/aromatic N) is 3. The lowest BCUT2D eigenvalue weighted by Crippen LogP contribution is -2.16. The van der Waals surface area contributed by atoms with Crippen LogP contribution in [0.2, 0.25) is 0 Å². The zero-order valence-corrected chi connectivity index (χ0v) is 16.9. The zero-order valence-electron chi connectivity index (χ0n) is 16.1. The van der Waals surface area contributed by atoms with Crippen molar-refractivity contribution in [1.29, 1.82) is 0 Å². The summed E-state index contributed by atoms with van der Waals surface area (Å²) in [6.45, 7) is -1.75. The average Bonchev–Trinajstić information content (AvgIpc) is 3.42. The summed E-state index contributed by atoms with van der Waals surface area (Å²) in [5.74, 6) is 1.83. The van der Waals surface area contributed by atoms with Gasteiger partial charge in [0.15, 0.2) is 0 Å². The quantitative estimate of drug-likeness (QED) is 0.362. The Morgan fingerprint density at radius 3 is 2.72 bits per heavy atom. The van der Waals surface area contributed by atoms with Crippen LogP contribution < -0.4 is 9.54 Å². The second kappa shape index (κ2) is 9.00. The van der Waals surface area contributed by atoms with Gasteiger partial charge in [0, 0.05) is 30.2 Å². The van der Waals surface area contributed by atoms with Crippen molar-refractivity contribution in [3.63, 3.8) is 0 Å². The fourth-order valence-electron chi connectivity index (χ4n) is 3.90. The highest BCUT2D eigenvalue weighted by atomic mass is 32.1. The minimum Gasteiger partial charge on any atom is -0.435 e. The molecular weight excluding hydrogens is 396 g/mol. The summed E-state index contributed by atoms with van der Waals surface area (Å²) < 4.78 is 36.2. The largest absolute Gasteiger partial charge is 0.435 e. The van der Waals surface area contributed by atoms with Crippen molar-refractivity contribution in [3.05, 3.63) is 46.6 Å². The fourth-order valence-corrected chi connectivity index (χ4v) is 4.77. The highest BCUT2D eigenvalue weighted by Gasteiger charge is 2.34. The van der Waals surface area contributed by atoms with Crippen molar-refractivity contribution in [1.82, 2.24) is 4.68 Å². The smallest absolute Gasteiger partial charge is 0.387 e. The first-order valence-electron chi connectivity index (χ1n) is 9.62. The molecule has 2 aliphatic rings. The van der Waals surface area contributed by atoms with Crippen LogP contribution in [-0.2, 0) is 4.74 Å². The van der Waals surface area contributed by atoms with Crippen LogP contribution >= 0.6 is 11.3 Å². The molecule has 0 aliphatic heterocycles. The van der Waals surface area contributed by atoms with E-state index in [0.29, 0.717) is 30.9 Å². The van der Waals surface area contributed by atoms with E-state index in [1.165, 1.54) is 29.9 Å². The highest BCUT2D eigenvalue weighted by Crippen LogP contribution is 2.42. The summed E-state index contributed by atoms with van der Waals surface area (Å²) in [6, 6.07) is 6.58. The van der Waals surface area contributed by atoms with Gasteiger partial charge in [-0.1, -0.05) is 12.2 Å². The van der Waals surface area contributed by atoms with Gasteiger partial charge >= 0.3 is 6.61 Å². The zero-order chi connectivity index (χ0) is 20.2. The van der Waals surface area contributed by atoms with Crippen LogP contribution in [0.3, 0.4) is 0 Å². The summed E-state index contributed by atoms with van der Waals surface area (Å²) in [5, 5.41) is 6.75. The van der Waals surface area contributed by atoms with Gasteiger partial charge in [0.25, 0.3) is 0 Å². The first-order chi connectivity index (χ1) is 14.1. The molecule has 0 saturated heterocycles. The molecule has 0 N–H and O–H groups in total. The van der Waals surface area contributed by atoms with E-state index >= 15 is 0 Å². The number of hydrogen-bond donors (Lipinski definition) is 0. The summed E-state index contributed by atoms with van der Waals surface area (Å²) >= 11 is 1.50. The Morgan fingerprint density at radius 2 is 2.07 bits per heavy atom. The number of alkyl halides is 2. The molecule has 8 heteroatoms. The number of halogens is 2. The summed E-state index contributed by atoms with van der Waals surface area (Å²) in [5.41, 5.74) is 1.73. The van der Waals surface area contributed by atoms with Gasteiger partial charge in [-0.15, -0.1) is 11.3 Å². The van der Waals surface area contributed by atoms with Gasteiger partial charge in [0.1, 0.15) is 5.75 Å². The van der Waals surface area contributed by atoms with E-state index in [9.17, 15) is 8.78 Å². The third-order valence-corrected chi connectivity index (χ3v) is 6.16. The lowest BCUT2D eigenvalue weighted by molar-refractivity contribution is -0.0498. The molecule has 3 atom stereocenters. The predicted molar refractivity (Wildman–Crippen MR) is 109 cm³/mol. The maximum Gasteiger partial charge on any atom is 0.387 e. The van der Waals surface area contributed by atoms with Gasteiger partial charge in [0.05, 0.1) is 18.8 Å². The van der Waals surface area contributed by atoms with Crippen LogP contribution in [0.4, 0.5) is 8.78 Å². The molecule has 0 amide bonds. The minimum absolute atomic E-state index is 0.132. The van der Waals surface area contributed by atoms with Crippen LogP contribution in [0.1, 0.15) is 12.8 Å². The Bertz CT molecular complexity index is 950. The van der Waals surface area contributed by atoms with Crippen molar-refractivity contribution in [2.75, 3.05) is 20.3 Å². The van der Waals surface area contributed by atoms with Crippen molar-refractivity contribution in [2.24, 2.45) is 27.8 Å². The lowest BCUT2D eigenvalue weighted by atomic mass is 9.95. The van der Waals surface area contributed by atoms with Crippen molar-refractivity contribution in [2.45, 2.75) is 19.5 Å². The van der Waals surface area contributed by atoms with Gasteiger partial charge in [0.2, 0.25) is 4.80 Å². The molecule has 1 fully saturated rings. The summed E-state index contributed by atoms with van der Waals surface area (Å²) in [7, 11) is 1.65. The number of rotatable bonds is 8. The number of hydrogen-bond acceptors (Lipinski definition) is 5. The second-order valence-corrected chi connectivity index (χ2v) is 8.04. The molecule has 0 spiro atoms. The second-order valence-electron chi connectivity index (χ2n) is 7.20. The van der Waals surface area contributed by atoms with Gasteiger partial charge < -0.3 is 9.47 Å². The molecule has 5 nitrogen and oxygen atoms in total. The van der Waals surface area contributed by atoms with Crippen LogP contribution in [0.15, 0.2) is 51.9 Å². The number of aromatic nitrogens is 1. The van der Waals surface area contributed by atoms with Crippen LogP contribution in [-0.4, -0.2) is 37.8 Å². The molecule has 0 unspecified atom stereocenters. The minimum atomic E-state index is -2.83.